The number of aryl methyl sites for hydroxylation is 2. The number of rotatable bonds is 9. The standard InChI is InChI=1S/C27H32/c1-3-5-6-9-13-25-20-22-27(23-21-25)15-11-8-7-10-14-26-18-16-24(12-4-2)17-19-26/h10-11,14-23H,3-6,9,12-13H2,1-2H3. The third-order valence-electron chi connectivity index (χ3n) is 4.62. The highest BCUT2D eigenvalue weighted by molar-refractivity contribution is 5.56. The molecule has 0 atom stereocenters. The van der Waals surface area contributed by atoms with E-state index in [1.807, 2.05) is 12.2 Å². The molecule has 2 aromatic rings. The number of benzene rings is 2. The van der Waals surface area contributed by atoms with Crippen LogP contribution in [-0.4, -0.2) is 0 Å². The summed E-state index contributed by atoms with van der Waals surface area (Å²) in [6.45, 7) is 4.46. The van der Waals surface area contributed by atoms with E-state index in [0.717, 1.165) is 6.42 Å². The van der Waals surface area contributed by atoms with Crippen molar-refractivity contribution in [3.05, 3.63) is 82.9 Å². The SMILES string of the molecule is CCCCCCc1ccc(C=CC#CC=Cc2ccc(CCC)cc2)cc1. The Labute approximate surface area is 166 Å². The fourth-order valence-corrected chi connectivity index (χ4v) is 3.01. The summed E-state index contributed by atoms with van der Waals surface area (Å²) in [6.07, 6.45) is 16.8. The molecular weight excluding hydrogens is 324 g/mol. The van der Waals surface area contributed by atoms with Crippen LogP contribution in [0.25, 0.3) is 12.2 Å². The van der Waals surface area contributed by atoms with E-state index in [0.29, 0.717) is 0 Å². The molecule has 0 spiro atoms. The molecule has 0 saturated carbocycles. The van der Waals surface area contributed by atoms with Crippen molar-refractivity contribution in [3.8, 4) is 11.8 Å². The van der Waals surface area contributed by atoms with Gasteiger partial charge in [0.15, 0.2) is 0 Å². The predicted octanol–water partition coefficient (Wildman–Crippen LogP) is 7.49. The van der Waals surface area contributed by atoms with Crippen molar-refractivity contribution in [1.82, 2.24) is 0 Å². The highest BCUT2D eigenvalue weighted by Crippen LogP contribution is 2.11. The Morgan fingerprint density at radius 3 is 1.59 bits per heavy atom. The third kappa shape index (κ3) is 8.61. The Balaban J connectivity index is 1.78. The van der Waals surface area contributed by atoms with Crippen LogP contribution in [-0.2, 0) is 12.8 Å². The second kappa shape index (κ2) is 12.8. The van der Waals surface area contributed by atoms with Gasteiger partial charge in [0.1, 0.15) is 0 Å². The molecule has 0 N–H and O–H groups in total. The number of unbranched alkanes of at least 4 members (excludes halogenated alkanes) is 3. The lowest BCUT2D eigenvalue weighted by Gasteiger charge is -2.01. The molecule has 0 aliphatic rings. The molecule has 0 amide bonds. The quantitative estimate of drug-likeness (QED) is 0.322. The second-order valence-electron chi connectivity index (χ2n) is 7.00. The molecule has 0 saturated heterocycles. The van der Waals surface area contributed by atoms with E-state index in [-0.39, 0.29) is 0 Å². The molecule has 0 fully saturated rings. The highest BCUT2D eigenvalue weighted by atomic mass is 14.0. The van der Waals surface area contributed by atoms with E-state index in [4.69, 9.17) is 0 Å². The minimum Gasteiger partial charge on any atom is -0.0702 e. The summed E-state index contributed by atoms with van der Waals surface area (Å²) in [5.74, 6) is 6.16. The maximum Gasteiger partial charge on any atom is -0.0109 e. The van der Waals surface area contributed by atoms with Crippen molar-refractivity contribution in [1.29, 1.82) is 0 Å². The van der Waals surface area contributed by atoms with Gasteiger partial charge in [-0.3, -0.25) is 0 Å². The van der Waals surface area contributed by atoms with Crippen LogP contribution in [0.2, 0.25) is 0 Å². The molecule has 0 heteroatoms. The Morgan fingerprint density at radius 2 is 1.11 bits per heavy atom. The summed E-state index contributed by atoms with van der Waals surface area (Å²) >= 11 is 0. The lowest BCUT2D eigenvalue weighted by Crippen LogP contribution is -1.85. The van der Waals surface area contributed by atoms with Crippen LogP contribution < -0.4 is 0 Å². The normalized spacial score (nSPS) is 11.0. The first-order valence-corrected chi connectivity index (χ1v) is 10.3. The monoisotopic (exact) mass is 356 g/mol. The Bertz CT molecular complexity index is 762. The van der Waals surface area contributed by atoms with E-state index in [9.17, 15) is 0 Å². The first kappa shape index (κ1) is 20.8. The maximum absolute atomic E-state index is 3.08. The molecule has 0 aromatic heterocycles. The van der Waals surface area contributed by atoms with Gasteiger partial charge in [0.05, 0.1) is 0 Å². The fourth-order valence-electron chi connectivity index (χ4n) is 3.01. The van der Waals surface area contributed by atoms with Crippen LogP contribution in [0, 0.1) is 11.8 Å². The molecule has 140 valence electrons. The number of hydrogen-bond acceptors (Lipinski definition) is 0. The summed E-state index contributed by atoms with van der Waals surface area (Å²) in [6, 6.07) is 17.5. The van der Waals surface area contributed by atoms with Crippen molar-refractivity contribution in [3.63, 3.8) is 0 Å². The zero-order valence-electron chi connectivity index (χ0n) is 16.9. The van der Waals surface area contributed by atoms with Gasteiger partial charge in [-0.2, -0.15) is 0 Å². The second-order valence-corrected chi connectivity index (χ2v) is 7.00. The summed E-state index contributed by atoms with van der Waals surface area (Å²) in [7, 11) is 0. The molecule has 0 unspecified atom stereocenters. The largest absolute Gasteiger partial charge is 0.0702 e. The van der Waals surface area contributed by atoms with Gasteiger partial charge in [0.2, 0.25) is 0 Å². The van der Waals surface area contributed by atoms with E-state index in [1.165, 1.54) is 60.8 Å². The van der Waals surface area contributed by atoms with Crippen LogP contribution in [0.5, 0.6) is 0 Å². The number of allylic oxidation sites excluding steroid dienone is 2. The molecular formula is C27H32. The summed E-state index contributed by atoms with van der Waals surface area (Å²) < 4.78 is 0. The van der Waals surface area contributed by atoms with Gasteiger partial charge in [-0.15, -0.1) is 0 Å². The Morgan fingerprint density at radius 1 is 0.593 bits per heavy atom. The summed E-state index contributed by atoms with van der Waals surface area (Å²) in [4.78, 5) is 0. The topological polar surface area (TPSA) is 0 Å². The minimum absolute atomic E-state index is 1.15. The van der Waals surface area contributed by atoms with Crippen LogP contribution in [0.4, 0.5) is 0 Å². The van der Waals surface area contributed by atoms with Crippen molar-refractivity contribution < 1.29 is 0 Å². The molecule has 27 heavy (non-hydrogen) atoms. The van der Waals surface area contributed by atoms with Crippen LogP contribution in [0.15, 0.2) is 60.7 Å². The van der Waals surface area contributed by atoms with Gasteiger partial charge in [-0.05, 0) is 65.8 Å². The first-order valence-electron chi connectivity index (χ1n) is 10.3. The zero-order valence-corrected chi connectivity index (χ0v) is 16.9. The first-order chi connectivity index (χ1) is 13.3. The molecule has 0 radical (unpaired) electrons. The molecule has 0 heterocycles. The zero-order chi connectivity index (χ0) is 19.2. The third-order valence-corrected chi connectivity index (χ3v) is 4.62. The molecule has 2 aromatic carbocycles. The smallest absolute Gasteiger partial charge is 0.0109 e. The Hall–Kier alpha value is -2.52. The van der Waals surface area contributed by atoms with E-state index < -0.39 is 0 Å². The average Bonchev–Trinajstić information content (AvgIpc) is 2.70. The van der Waals surface area contributed by atoms with Gasteiger partial charge < -0.3 is 0 Å². The van der Waals surface area contributed by atoms with E-state index in [2.05, 4.69) is 86.4 Å². The van der Waals surface area contributed by atoms with Crippen LogP contribution in [0.3, 0.4) is 0 Å². The van der Waals surface area contributed by atoms with E-state index >= 15 is 0 Å². The van der Waals surface area contributed by atoms with Crippen molar-refractivity contribution in [2.75, 3.05) is 0 Å². The molecule has 0 aliphatic carbocycles. The maximum atomic E-state index is 3.08. The molecule has 0 bridgehead atoms. The van der Waals surface area contributed by atoms with E-state index in [1.54, 1.807) is 0 Å². The Kier molecular flexibility index (Phi) is 9.83. The highest BCUT2D eigenvalue weighted by Gasteiger charge is 1.93. The predicted molar refractivity (Wildman–Crippen MR) is 121 cm³/mol. The van der Waals surface area contributed by atoms with Gasteiger partial charge >= 0.3 is 0 Å². The lowest BCUT2D eigenvalue weighted by molar-refractivity contribution is 0.667. The summed E-state index contributed by atoms with van der Waals surface area (Å²) in [5, 5.41) is 0. The van der Waals surface area contributed by atoms with Crippen LogP contribution in [0.1, 0.15) is 68.2 Å². The lowest BCUT2D eigenvalue weighted by atomic mass is 10.0. The van der Waals surface area contributed by atoms with Crippen molar-refractivity contribution in [2.24, 2.45) is 0 Å². The number of hydrogen-bond donors (Lipinski definition) is 0. The van der Waals surface area contributed by atoms with Gasteiger partial charge in [0, 0.05) is 0 Å². The summed E-state index contributed by atoms with van der Waals surface area (Å²) in [5.41, 5.74) is 5.23. The van der Waals surface area contributed by atoms with Gasteiger partial charge in [-0.1, -0.05) is 99.9 Å². The van der Waals surface area contributed by atoms with Gasteiger partial charge in [-0.25, -0.2) is 0 Å². The molecule has 0 aliphatic heterocycles. The minimum atomic E-state index is 1.15. The average molecular weight is 357 g/mol. The van der Waals surface area contributed by atoms with Crippen LogP contribution >= 0.6 is 0 Å². The van der Waals surface area contributed by atoms with Crippen molar-refractivity contribution in [2.45, 2.75) is 58.8 Å². The fraction of sp³-hybridized carbons (Fsp3) is 0.333. The van der Waals surface area contributed by atoms with Crippen molar-refractivity contribution >= 4 is 12.2 Å². The van der Waals surface area contributed by atoms with Gasteiger partial charge in [0.25, 0.3) is 0 Å². The molecule has 0 nitrogen and oxygen atoms in total. The molecule has 2 rings (SSSR count).